The van der Waals surface area contributed by atoms with Crippen molar-refractivity contribution in [3.63, 3.8) is 0 Å². The third-order valence-corrected chi connectivity index (χ3v) is 5.85. The molecule has 5 rings (SSSR count). The van der Waals surface area contributed by atoms with Crippen molar-refractivity contribution in [3.05, 3.63) is 69.5 Å². The number of amides is 1. The van der Waals surface area contributed by atoms with Crippen LogP contribution in [0.25, 0.3) is 22.0 Å². The van der Waals surface area contributed by atoms with Gasteiger partial charge in [-0.05, 0) is 36.8 Å². The molecule has 1 aliphatic rings. The van der Waals surface area contributed by atoms with Crippen molar-refractivity contribution >= 4 is 33.1 Å². The van der Waals surface area contributed by atoms with E-state index in [1.54, 1.807) is 24.3 Å². The van der Waals surface area contributed by atoms with Gasteiger partial charge < -0.3 is 4.74 Å². The Kier molecular flexibility index (Phi) is 4.55. The molecule has 0 radical (unpaired) electrons. The molecular formula is C22H18N4O3S. The van der Waals surface area contributed by atoms with E-state index in [0.717, 1.165) is 23.4 Å². The predicted octanol–water partition coefficient (Wildman–Crippen LogP) is 3.73. The first-order valence-electron chi connectivity index (χ1n) is 9.67. The molecule has 2 aromatic carbocycles. The van der Waals surface area contributed by atoms with Gasteiger partial charge >= 0.3 is 0 Å². The molecule has 1 amide bonds. The minimum absolute atomic E-state index is 0.207. The van der Waals surface area contributed by atoms with Crippen LogP contribution in [0.2, 0.25) is 0 Å². The molecule has 1 aliphatic heterocycles. The van der Waals surface area contributed by atoms with E-state index >= 15 is 0 Å². The fourth-order valence-corrected chi connectivity index (χ4v) is 4.30. The number of thiazole rings is 1. The number of carbonyl (C=O) groups is 1. The van der Waals surface area contributed by atoms with E-state index in [1.807, 2.05) is 24.4 Å². The summed E-state index contributed by atoms with van der Waals surface area (Å²) in [6.07, 6.45) is 0.892. The lowest BCUT2D eigenvalue weighted by molar-refractivity contribution is 0.102. The van der Waals surface area contributed by atoms with E-state index in [2.05, 4.69) is 21.5 Å². The molecule has 4 aromatic rings. The van der Waals surface area contributed by atoms with Crippen LogP contribution in [-0.4, -0.2) is 27.3 Å². The minimum Gasteiger partial charge on any atom is -0.493 e. The summed E-state index contributed by atoms with van der Waals surface area (Å²) in [5.41, 5.74) is 2.95. The van der Waals surface area contributed by atoms with Crippen LogP contribution < -0.4 is 15.6 Å². The van der Waals surface area contributed by atoms with Gasteiger partial charge in [0.25, 0.3) is 11.5 Å². The van der Waals surface area contributed by atoms with Crippen LogP contribution in [0.1, 0.15) is 23.0 Å². The summed E-state index contributed by atoms with van der Waals surface area (Å²) in [7, 11) is 0. The van der Waals surface area contributed by atoms with Crippen molar-refractivity contribution in [2.75, 3.05) is 11.9 Å². The smallest absolute Gasteiger partial charge is 0.278 e. The standard InChI is InChI=1S/C22H18N4O3S/c1-2-26-21(28)16-6-4-3-5-15(16)19(25-26)20(27)24-22-23-17(12-30-22)13-7-8-18-14(11-13)9-10-29-18/h3-8,11-12H,2,9-10H2,1H3,(H,23,24,27). The molecule has 1 N–H and O–H groups in total. The molecule has 7 nitrogen and oxygen atoms in total. The van der Waals surface area contributed by atoms with E-state index < -0.39 is 5.91 Å². The number of hydrogen-bond donors (Lipinski definition) is 1. The van der Waals surface area contributed by atoms with Crippen LogP contribution in [0, 0.1) is 0 Å². The van der Waals surface area contributed by atoms with Crippen molar-refractivity contribution < 1.29 is 9.53 Å². The Morgan fingerprint density at radius 1 is 1.23 bits per heavy atom. The molecule has 0 spiro atoms. The lowest BCUT2D eigenvalue weighted by atomic mass is 10.1. The summed E-state index contributed by atoms with van der Waals surface area (Å²) in [5, 5.41) is 10.5. The van der Waals surface area contributed by atoms with Gasteiger partial charge in [0.1, 0.15) is 5.75 Å². The van der Waals surface area contributed by atoms with Gasteiger partial charge in [0.15, 0.2) is 10.8 Å². The maximum absolute atomic E-state index is 13.0. The highest BCUT2D eigenvalue weighted by atomic mass is 32.1. The fraction of sp³-hybridized carbons (Fsp3) is 0.182. The van der Waals surface area contributed by atoms with Gasteiger partial charge in [-0.1, -0.05) is 18.2 Å². The molecule has 0 bridgehead atoms. The van der Waals surface area contributed by atoms with Gasteiger partial charge in [0.05, 0.1) is 17.7 Å². The first-order chi connectivity index (χ1) is 14.6. The number of rotatable bonds is 4. The van der Waals surface area contributed by atoms with Gasteiger partial charge in [-0.15, -0.1) is 11.3 Å². The van der Waals surface area contributed by atoms with Crippen molar-refractivity contribution in [2.24, 2.45) is 0 Å². The Morgan fingerprint density at radius 3 is 2.90 bits per heavy atom. The van der Waals surface area contributed by atoms with Crippen LogP contribution in [0.5, 0.6) is 5.75 Å². The maximum atomic E-state index is 13.0. The number of ether oxygens (including phenoxy) is 1. The first kappa shape index (κ1) is 18.5. The van der Waals surface area contributed by atoms with Gasteiger partial charge in [0, 0.05) is 29.3 Å². The Bertz CT molecular complexity index is 1340. The van der Waals surface area contributed by atoms with Crippen LogP contribution in [-0.2, 0) is 13.0 Å². The summed E-state index contributed by atoms with van der Waals surface area (Å²) < 4.78 is 6.86. The largest absolute Gasteiger partial charge is 0.493 e. The SMILES string of the molecule is CCn1nc(C(=O)Nc2nc(-c3ccc4c(c3)CCO4)cs2)c2ccccc2c1=O. The monoisotopic (exact) mass is 418 g/mol. The zero-order valence-electron chi connectivity index (χ0n) is 16.2. The zero-order valence-corrected chi connectivity index (χ0v) is 17.0. The van der Waals surface area contributed by atoms with E-state index in [4.69, 9.17) is 4.74 Å². The molecule has 8 heteroatoms. The van der Waals surface area contributed by atoms with E-state index in [1.165, 1.54) is 21.6 Å². The predicted molar refractivity (Wildman–Crippen MR) is 116 cm³/mol. The number of hydrogen-bond acceptors (Lipinski definition) is 6. The second-order valence-electron chi connectivity index (χ2n) is 6.93. The molecule has 2 aromatic heterocycles. The Morgan fingerprint density at radius 2 is 2.07 bits per heavy atom. The zero-order chi connectivity index (χ0) is 20.7. The number of carbonyl (C=O) groups excluding carboxylic acids is 1. The van der Waals surface area contributed by atoms with Gasteiger partial charge in [-0.3, -0.25) is 14.9 Å². The Hall–Kier alpha value is -3.52. The number of aryl methyl sites for hydroxylation is 1. The molecule has 30 heavy (non-hydrogen) atoms. The summed E-state index contributed by atoms with van der Waals surface area (Å²) in [6.45, 7) is 2.91. The van der Waals surface area contributed by atoms with Gasteiger partial charge in [-0.25, -0.2) is 9.67 Å². The third kappa shape index (κ3) is 3.15. The van der Waals surface area contributed by atoms with Crippen LogP contribution in [0.4, 0.5) is 5.13 Å². The summed E-state index contributed by atoms with van der Waals surface area (Å²) in [6, 6.07) is 13.0. The average molecular weight is 418 g/mol. The topological polar surface area (TPSA) is 86.1 Å². The van der Waals surface area contributed by atoms with E-state index in [0.29, 0.717) is 29.1 Å². The number of aromatic nitrogens is 3. The molecule has 0 saturated heterocycles. The maximum Gasteiger partial charge on any atom is 0.278 e. The fourth-order valence-electron chi connectivity index (χ4n) is 3.58. The van der Waals surface area contributed by atoms with Gasteiger partial charge in [-0.2, -0.15) is 5.10 Å². The van der Waals surface area contributed by atoms with Crippen molar-refractivity contribution in [3.8, 4) is 17.0 Å². The molecule has 0 atom stereocenters. The third-order valence-electron chi connectivity index (χ3n) is 5.09. The number of benzene rings is 2. The van der Waals surface area contributed by atoms with Crippen molar-refractivity contribution in [1.82, 2.24) is 14.8 Å². The Labute approximate surface area is 176 Å². The summed E-state index contributed by atoms with van der Waals surface area (Å²) in [5.74, 6) is 0.531. The Balaban J connectivity index is 1.46. The number of nitrogens with one attached hydrogen (secondary N) is 1. The summed E-state index contributed by atoms with van der Waals surface area (Å²) in [4.78, 5) is 30.0. The molecule has 0 unspecified atom stereocenters. The molecule has 3 heterocycles. The molecular weight excluding hydrogens is 400 g/mol. The molecule has 150 valence electrons. The normalized spacial score (nSPS) is 12.6. The highest BCUT2D eigenvalue weighted by molar-refractivity contribution is 7.14. The summed E-state index contributed by atoms with van der Waals surface area (Å²) >= 11 is 1.35. The number of fused-ring (bicyclic) bond motifs is 2. The second kappa shape index (κ2) is 7.38. The molecule has 0 fully saturated rings. The molecule has 0 aliphatic carbocycles. The van der Waals surface area contributed by atoms with E-state index in [-0.39, 0.29) is 11.3 Å². The lowest BCUT2D eigenvalue weighted by Crippen LogP contribution is -2.27. The second-order valence-corrected chi connectivity index (χ2v) is 7.79. The highest BCUT2D eigenvalue weighted by Gasteiger charge is 2.18. The average Bonchev–Trinajstić information content (AvgIpc) is 3.43. The van der Waals surface area contributed by atoms with E-state index in [9.17, 15) is 9.59 Å². The highest BCUT2D eigenvalue weighted by Crippen LogP contribution is 2.32. The minimum atomic E-state index is -0.392. The number of anilines is 1. The van der Waals surface area contributed by atoms with Crippen LogP contribution in [0.3, 0.4) is 0 Å². The first-order valence-corrected chi connectivity index (χ1v) is 10.5. The van der Waals surface area contributed by atoms with Crippen molar-refractivity contribution in [2.45, 2.75) is 19.9 Å². The van der Waals surface area contributed by atoms with Crippen molar-refractivity contribution in [1.29, 1.82) is 0 Å². The van der Waals surface area contributed by atoms with Crippen LogP contribution >= 0.6 is 11.3 Å². The van der Waals surface area contributed by atoms with Gasteiger partial charge in [0.2, 0.25) is 0 Å². The molecule has 0 saturated carbocycles. The number of nitrogens with zero attached hydrogens (tertiary/aromatic N) is 3. The quantitative estimate of drug-likeness (QED) is 0.546. The van der Waals surface area contributed by atoms with Crippen LogP contribution in [0.15, 0.2) is 52.6 Å². The lowest BCUT2D eigenvalue weighted by Gasteiger charge is -2.09.